The number of anilines is 1. The highest BCUT2D eigenvalue weighted by molar-refractivity contribution is 9.09. The largest absolute Gasteiger partial charge is 0.353 e. The minimum atomic E-state index is 0.552. The number of pyridine rings is 1. The van der Waals surface area contributed by atoms with Crippen LogP contribution in [0.25, 0.3) is 5.65 Å². The molecule has 1 aliphatic heterocycles. The van der Waals surface area contributed by atoms with Crippen molar-refractivity contribution < 1.29 is 0 Å². The number of rotatable bonds is 2. The van der Waals surface area contributed by atoms with Crippen LogP contribution < -0.4 is 4.90 Å². The highest BCUT2D eigenvalue weighted by Crippen LogP contribution is 2.26. The van der Waals surface area contributed by atoms with E-state index in [1.54, 1.807) is 6.33 Å². The monoisotopic (exact) mass is 322 g/mol. The molecule has 1 atom stereocenters. The van der Waals surface area contributed by atoms with Crippen LogP contribution in [0, 0.1) is 6.92 Å². The number of hydrogen-bond donors (Lipinski definition) is 0. The molecule has 3 rings (SSSR count). The maximum atomic E-state index is 4.38. The molecule has 19 heavy (non-hydrogen) atoms. The van der Waals surface area contributed by atoms with Crippen molar-refractivity contribution in [2.75, 3.05) is 16.8 Å². The third-order valence-corrected chi connectivity index (χ3v) is 4.60. The van der Waals surface area contributed by atoms with E-state index in [1.165, 1.54) is 37.1 Å². The highest BCUT2D eigenvalue weighted by Gasteiger charge is 2.22. The maximum Gasteiger partial charge on any atom is 0.157 e. The number of fused-ring (bicyclic) bond motifs is 1. The molecule has 2 aromatic rings. The lowest BCUT2D eigenvalue weighted by Crippen LogP contribution is -2.37. The predicted octanol–water partition coefficient (Wildman–Crippen LogP) is 3.18. The first-order chi connectivity index (χ1) is 9.29. The van der Waals surface area contributed by atoms with E-state index in [2.05, 4.69) is 50.0 Å². The average Bonchev–Trinajstić information content (AvgIpc) is 2.74. The minimum absolute atomic E-state index is 0.552. The molecule has 4 nitrogen and oxygen atoms in total. The molecule has 5 heteroatoms. The van der Waals surface area contributed by atoms with Crippen LogP contribution in [0.3, 0.4) is 0 Å². The van der Waals surface area contributed by atoms with Gasteiger partial charge in [-0.2, -0.15) is 9.61 Å². The summed E-state index contributed by atoms with van der Waals surface area (Å²) in [6, 6.07) is 4.86. The molecule has 0 N–H and O–H groups in total. The minimum Gasteiger partial charge on any atom is -0.353 e. The van der Waals surface area contributed by atoms with E-state index in [4.69, 9.17) is 0 Å². The van der Waals surface area contributed by atoms with Crippen molar-refractivity contribution in [1.82, 2.24) is 14.6 Å². The van der Waals surface area contributed by atoms with Gasteiger partial charge in [0.1, 0.15) is 12.1 Å². The molecule has 1 unspecified atom stereocenters. The second kappa shape index (κ2) is 5.49. The average molecular weight is 323 g/mol. The van der Waals surface area contributed by atoms with Crippen LogP contribution in [0.5, 0.6) is 0 Å². The molecule has 0 spiro atoms. The topological polar surface area (TPSA) is 33.4 Å². The molecule has 3 heterocycles. The fraction of sp³-hybridized carbons (Fsp3) is 0.571. The Hall–Kier alpha value is -1.10. The zero-order valence-corrected chi connectivity index (χ0v) is 12.8. The number of nitrogens with zero attached hydrogens (tertiary/aromatic N) is 4. The number of aromatic nitrogens is 3. The molecule has 0 bridgehead atoms. The van der Waals surface area contributed by atoms with Crippen LogP contribution in [0.2, 0.25) is 0 Å². The lowest BCUT2D eigenvalue weighted by Gasteiger charge is -2.31. The SMILES string of the molecule is Cc1cc(N2CCCCCC2CBr)n2ncnc2c1. The zero-order chi connectivity index (χ0) is 13.2. The third kappa shape index (κ3) is 2.48. The predicted molar refractivity (Wildman–Crippen MR) is 81.1 cm³/mol. The van der Waals surface area contributed by atoms with Gasteiger partial charge in [-0.3, -0.25) is 0 Å². The lowest BCUT2D eigenvalue weighted by atomic mass is 10.1. The summed E-state index contributed by atoms with van der Waals surface area (Å²) in [4.78, 5) is 6.82. The highest BCUT2D eigenvalue weighted by atomic mass is 79.9. The molecule has 0 radical (unpaired) electrons. The Balaban J connectivity index is 2.07. The molecule has 102 valence electrons. The van der Waals surface area contributed by atoms with Crippen LogP contribution in [0.1, 0.15) is 31.2 Å². The summed E-state index contributed by atoms with van der Waals surface area (Å²) < 4.78 is 1.97. The Morgan fingerprint density at radius 1 is 1.32 bits per heavy atom. The summed E-state index contributed by atoms with van der Waals surface area (Å²) in [6.07, 6.45) is 6.79. The van der Waals surface area contributed by atoms with Crippen molar-refractivity contribution in [3.8, 4) is 0 Å². The fourth-order valence-electron chi connectivity index (χ4n) is 2.88. The Kier molecular flexibility index (Phi) is 3.73. The first-order valence-corrected chi connectivity index (χ1v) is 8.05. The van der Waals surface area contributed by atoms with Gasteiger partial charge >= 0.3 is 0 Å². The van der Waals surface area contributed by atoms with Crippen molar-refractivity contribution in [2.45, 2.75) is 38.6 Å². The molecule has 0 aliphatic carbocycles. The third-order valence-electron chi connectivity index (χ3n) is 3.85. The summed E-state index contributed by atoms with van der Waals surface area (Å²) in [5.41, 5.74) is 2.18. The van der Waals surface area contributed by atoms with Crippen LogP contribution >= 0.6 is 15.9 Å². The Morgan fingerprint density at radius 2 is 2.21 bits per heavy atom. The van der Waals surface area contributed by atoms with Crippen LogP contribution in [-0.4, -0.2) is 32.5 Å². The second-order valence-corrected chi connectivity index (χ2v) is 5.92. The van der Waals surface area contributed by atoms with Crippen molar-refractivity contribution in [1.29, 1.82) is 0 Å². The lowest BCUT2D eigenvalue weighted by molar-refractivity contribution is 0.615. The Bertz CT molecular complexity index is 566. The quantitative estimate of drug-likeness (QED) is 0.796. The standard InChI is InChI=1S/C14H19BrN4/c1-11-7-13-16-10-17-19(13)14(8-11)18-6-4-2-3-5-12(18)9-15/h7-8,10,12H,2-6,9H2,1H3. The van der Waals surface area contributed by atoms with Gasteiger partial charge in [-0.1, -0.05) is 28.8 Å². The van der Waals surface area contributed by atoms with Crippen molar-refractivity contribution >= 4 is 27.4 Å². The molecule has 0 amide bonds. The normalized spacial score (nSPS) is 20.7. The van der Waals surface area contributed by atoms with Gasteiger partial charge in [0.15, 0.2) is 5.65 Å². The molecule has 0 aromatic carbocycles. The van der Waals surface area contributed by atoms with E-state index < -0.39 is 0 Å². The van der Waals surface area contributed by atoms with E-state index in [0.717, 1.165) is 17.5 Å². The van der Waals surface area contributed by atoms with Crippen molar-refractivity contribution in [3.63, 3.8) is 0 Å². The number of alkyl halides is 1. The molecule has 1 fully saturated rings. The van der Waals surface area contributed by atoms with Gasteiger partial charge in [-0.25, -0.2) is 4.98 Å². The fourth-order valence-corrected chi connectivity index (χ4v) is 3.55. The van der Waals surface area contributed by atoms with Gasteiger partial charge in [0.2, 0.25) is 0 Å². The summed E-state index contributed by atoms with van der Waals surface area (Å²) in [6.45, 7) is 3.23. The van der Waals surface area contributed by atoms with Crippen LogP contribution in [0.15, 0.2) is 18.5 Å². The smallest absolute Gasteiger partial charge is 0.157 e. The molecular formula is C14H19BrN4. The van der Waals surface area contributed by atoms with Gasteiger partial charge in [0.25, 0.3) is 0 Å². The van der Waals surface area contributed by atoms with Gasteiger partial charge in [0, 0.05) is 17.9 Å². The zero-order valence-electron chi connectivity index (χ0n) is 11.2. The first-order valence-electron chi connectivity index (χ1n) is 6.92. The Labute approximate surface area is 121 Å². The van der Waals surface area contributed by atoms with E-state index in [1.807, 2.05) is 4.52 Å². The summed E-state index contributed by atoms with van der Waals surface area (Å²) >= 11 is 3.67. The van der Waals surface area contributed by atoms with E-state index in [0.29, 0.717) is 6.04 Å². The van der Waals surface area contributed by atoms with Gasteiger partial charge in [0.05, 0.1) is 0 Å². The Morgan fingerprint density at radius 3 is 3.05 bits per heavy atom. The first kappa shape index (κ1) is 12.9. The van der Waals surface area contributed by atoms with Crippen molar-refractivity contribution in [3.05, 3.63) is 24.0 Å². The van der Waals surface area contributed by atoms with Gasteiger partial charge in [-0.05, 0) is 37.5 Å². The summed E-state index contributed by atoms with van der Waals surface area (Å²) in [5, 5.41) is 5.39. The summed E-state index contributed by atoms with van der Waals surface area (Å²) in [5.74, 6) is 1.18. The molecule has 0 saturated carbocycles. The maximum absolute atomic E-state index is 4.38. The van der Waals surface area contributed by atoms with E-state index in [-0.39, 0.29) is 0 Å². The summed E-state index contributed by atoms with van der Waals surface area (Å²) in [7, 11) is 0. The van der Waals surface area contributed by atoms with Gasteiger partial charge in [-0.15, -0.1) is 0 Å². The van der Waals surface area contributed by atoms with Crippen molar-refractivity contribution in [2.24, 2.45) is 0 Å². The number of halogens is 1. The van der Waals surface area contributed by atoms with Crippen LogP contribution in [0.4, 0.5) is 5.82 Å². The number of hydrogen-bond acceptors (Lipinski definition) is 3. The molecular weight excluding hydrogens is 304 g/mol. The molecule has 1 aliphatic rings. The van der Waals surface area contributed by atoms with E-state index >= 15 is 0 Å². The van der Waals surface area contributed by atoms with E-state index in [9.17, 15) is 0 Å². The second-order valence-electron chi connectivity index (χ2n) is 5.27. The van der Waals surface area contributed by atoms with Crippen LogP contribution in [-0.2, 0) is 0 Å². The molecule has 1 saturated heterocycles. The number of aryl methyl sites for hydroxylation is 1. The van der Waals surface area contributed by atoms with Gasteiger partial charge < -0.3 is 4.90 Å². The molecule has 2 aromatic heterocycles.